The van der Waals surface area contributed by atoms with Crippen LogP contribution in [0.25, 0.3) is 10.8 Å². The molecule has 0 bridgehead atoms. The standard InChI is InChI=1S/C51H64O13/c1-4-45(53)59-27-29-61-48(55)37-17-9-33(10-18-37)35-13-21-39(22-14-35)50(57)63-43-25-26-44(47-41(31-32(3)52)7-6-8-42(43)47)64-51(58)40-23-15-36(16-24-40)34-11-19-38(20-12-34)49(56)62-30-28-60-46(54)5-2/h4-8,25-26,33-40H,1-2,9-24,27-31H2,3H3. The monoisotopic (exact) mass is 884 g/mol. The van der Waals surface area contributed by atoms with Gasteiger partial charge in [-0.2, -0.15) is 0 Å². The first-order chi connectivity index (χ1) is 30.9. The highest BCUT2D eigenvalue weighted by Crippen LogP contribution is 2.45. The summed E-state index contributed by atoms with van der Waals surface area (Å²) in [5.74, 6) is -0.416. The van der Waals surface area contributed by atoms with Crippen molar-refractivity contribution in [3.63, 3.8) is 0 Å². The topological polar surface area (TPSA) is 175 Å². The molecule has 0 saturated heterocycles. The van der Waals surface area contributed by atoms with Gasteiger partial charge >= 0.3 is 35.8 Å². The summed E-state index contributed by atoms with van der Waals surface area (Å²) in [6.45, 7) is 8.28. The SMILES string of the molecule is C=CC(=O)OCCOC(=O)C1CCC(C2CCC(C(=O)Oc3ccc(OC(=O)C4CCC(C5CCC(C(=O)OCCOC(=O)C=C)CC5)CC4)c4c(CC(C)=O)cccc34)CC2)CC1. The van der Waals surface area contributed by atoms with Gasteiger partial charge in [0.25, 0.3) is 0 Å². The molecule has 0 atom stereocenters. The molecule has 4 fully saturated rings. The molecule has 0 radical (unpaired) electrons. The van der Waals surface area contributed by atoms with Gasteiger partial charge in [-0.25, -0.2) is 9.59 Å². The van der Waals surface area contributed by atoms with Gasteiger partial charge in [0, 0.05) is 29.3 Å². The molecule has 13 heteroatoms. The Morgan fingerprint density at radius 2 is 0.844 bits per heavy atom. The summed E-state index contributed by atoms with van der Waals surface area (Å²) in [5, 5.41) is 1.20. The highest BCUT2D eigenvalue weighted by atomic mass is 16.6. The smallest absolute Gasteiger partial charge is 0.330 e. The maximum atomic E-state index is 13.7. The third kappa shape index (κ3) is 13.1. The van der Waals surface area contributed by atoms with Crippen LogP contribution in [0.1, 0.15) is 115 Å². The van der Waals surface area contributed by atoms with Crippen molar-refractivity contribution in [3.8, 4) is 11.5 Å². The number of esters is 6. The molecule has 0 aliphatic heterocycles. The Bertz CT molecular complexity index is 2000. The molecule has 2 aromatic rings. The van der Waals surface area contributed by atoms with Gasteiger partial charge in [0.2, 0.25) is 0 Å². The van der Waals surface area contributed by atoms with Gasteiger partial charge in [-0.3, -0.25) is 24.0 Å². The van der Waals surface area contributed by atoms with Crippen LogP contribution in [0.15, 0.2) is 55.6 Å². The second kappa shape index (κ2) is 23.6. The Labute approximate surface area is 375 Å². The van der Waals surface area contributed by atoms with Crippen molar-refractivity contribution in [2.24, 2.45) is 47.3 Å². The van der Waals surface area contributed by atoms with E-state index in [1.54, 1.807) is 12.1 Å². The molecule has 6 rings (SSSR count). The van der Waals surface area contributed by atoms with E-state index in [-0.39, 0.29) is 86.2 Å². The predicted octanol–water partition coefficient (Wildman–Crippen LogP) is 8.55. The van der Waals surface area contributed by atoms with Crippen LogP contribution in [0.2, 0.25) is 0 Å². The number of Topliss-reactive ketones (excluding diaryl/α,β-unsaturated/α-hetero) is 1. The van der Waals surface area contributed by atoms with Crippen LogP contribution < -0.4 is 9.47 Å². The van der Waals surface area contributed by atoms with E-state index in [1.165, 1.54) is 6.92 Å². The molecule has 64 heavy (non-hydrogen) atoms. The zero-order valence-corrected chi connectivity index (χ0v) is 37.2. The molecule has 13 nitrogen and oxygen atoms in total. The highest BCUT2D eigenvalue weighted by molar-refractivity contribution is 6.00. The number of ketones is 1. The summed E-state index contributed by atoms with van der Waals surface area (Å²) in [5.41, 5.74) is 0.697. The lowest BCUT2D eigenvalue weighted by atomic mass is 9.69. The second-order valence-corrected chi connectivity index (χ2v) is 18.1. The number of hydrogen-bond acceptors (Lipinski definition) is 13. The van der Waals surface area contributed by atoms with Crippen molar-refractivity contribution in [2.75, 3.05) is 26.4 Å². The molecule has 4 aliphatic carbocycles. The molecular weight excluding hydrogens is 821 g/mol. The van der Waals surface area contributed by atoms with Gasteiger partial charge < -0.3 is 28.4 Å². The van der Waals surface area contributed by atoms with E-state index < -0.39 is 11.9 Å². The number of rotatable bonds is 18. The summed E-state index contributed by atoms with van der Waals surface area (Å²) in [6.07, 6.45) is 15.5. The zero-order valence-electron chi connectivity index (χ0n) is 37.2. The third-order valence-electron chi connectivity index (χ3n) is 14.1. The van der Waals surface area contributed by atoms with Crippen LogP contribution in [0.4, 0.5) is 0 Å². The van der Waals surface area contributed by atoms with Gasteiger partial charge in [-0.05, 0) is 151 Å². The predicted molar refractivity (Wildman–Crippen MR) is 236 cm³/mol. The Hall–Kier alpha value is -5.33. The first kappa shape index (κ1) is 48.1. The average Bonchev–Trinajstić information content (AvgIpc) is 3.32. The van der Waals surface area contributed by atoms with Crippen molar-refractivity contribution in [2.45, 2.75) is 116 Å². The van der Waals surface area contributed by atoms with Crippen LogP contribution in [-0.2, 0) is 58.9 Å². The molecule has 0 unspecified atom stereocenters. The van der Waals surface area contributed by atoms with Crippen LogP contribution in [0, 0.1) is 47.3 Å². The molecule has 0 aromatic heterocycles. The van der Waals surface area contributed by atoms with Gasteiger partial charge in [-0.1, -0.05) is 31.4 Å². The van der Waals surface area contributed by atoms with Crippen molar-refractivity contribution in [1.82, 2.24) is 0 Å². The number of fused-ring (bicyclic) bond motifs is 1. The van der Waals surface area contributed by atoms with E-state index in [1.807, 2.05) is 18.2 Å². The van der Waals surface area contributed by atoms with Crippen LogP contribution in [0.3, 0.4) is 0 Å². The number of ether oxygens (including phenoxy) is 6. The zero-order chi connectivity index (χ0) is 45.6. The number of carbonyl (C=O) groups is 7. The van der Waals surface area contributed by atoms with Gasteiger partial charge in [0.15, 0.2) is 0 Å². The highest BCUT2D eigenvalue weighted by Gasteiger charge is 2.37. The fraction of sp³-hybridized carbons (Fsp3) is 0.588. The number of benzene rings is 2. The molecule has 346 valence electrons. The van der Waals surface area contributed by atoms with E-state index in [0.29, 0.717) is 77.2 Å². The van der Waals surface area contributed by atoms with Crippen LogP contribution >= 0.6 is 0 Å². The Morgan fingerprint density at radius 3 is 1.23 bits per heavy atom. The lowest BCUT2D eigenvalue weighted by Crippen LogP contribution is -2.32. The summed E-state index contributed by atoms with van der Waals surface area (Å²) in [7, 11) is 0. The first-order valence-electron chi connectivity index (χ1n) is 23.3. The van der Waals surface area contributed by atoms with Gasteiger partial charge in [-0.15, -0.1) is 0 Å². The lowest BCUT2D eigenvalue weighted by Gasteiger charge is -2.36. The Morgan fingerprint density at radius 1 is 0.484 bits per heavy atom. The van der Waals surface area contributed by atoms with E-state index in [0.717, 1.165) is 89.2 Å². The maximum Gasteiger partial charge on any atom is 0.330 e. The van der Waals surface area contributed by atoms with Gasteiger partial charge in [0.1, 0.15) is 43.7 Å². The van der Waals surface area contributed by atoms with Crippen molar-refractivity contribution in [3.05, 3.63) is 61.2 Å². The third-order valence-corrected chi connectivity index (χ3v) is 14.1. The van der Waals surface area contributed by atoms with Gasteiger partial charge in [0.05, 0.1) is 23.7 Å². The lowest BCUT2D eigenvalue weighted by molar-refractivity contribution is -0.154. The van der Waals surface area contributed by atoms with E-state index in [4.69, 9.17) is 28.4 Å². The molecule has 0 N–H and O–H groups in total. The Kier molecular flexibility index (Phi) is 17.7. The minimum atomic E-state index is -0.549. The van der Waals surface area contributed by atoms with E-state index in [2.05, 4.69) is 13.2 Å². The van der Waals surface area contributed by atoms with E-state index >= 15 is 0 Å². The first-order valence-corrected chi connectivity index (χ1v) is 23.3. The molecule has 4 aliphatic rings. The normalized spacial score (nSPS) is 25.8. The Balaban J connectivity index is 0.975. The molecule has 4 saturated carbocycles. The van der Waals surface area contributed by atoms with Crippen LogP contribution in [0.5, 0.6) is 11.5 Å². The minimum absolute atomic E-state index is 0.00655. The van der Waals surface area contributed by atoms with Crippen molar-refractivity contribution >= 4 is 52.4 Å². The molecular formula is C51H64O13. The molecule has 2 aromatic carbocycles. The quantitative estimate of drug-likeness (QED) is 0.0458. The van der Waals surface area contributed by atoms with Crippen LogP contribution in [-0.4, -0.2) is 68.0 Å². The summed E-state index contributed by atoms with van der Waals surface area (Å²) < 4.78 is 32.7. The molecule has 0 heterocycles. The number of carbonyl (C=O) groups excluding carboxylic acids is 7. The fourth-order valence-electron chi connectivity index (χ4n) is 10.6. The van der Waals surface area contributed by atoms with Crippen molar-refractivity contribution in [1.29, 1.82) is 0 Å². The average molecular weight is 885 g/mol. The summed E-state index contributed by atoms with van der Waals surface area (Å²) in [4.78, 5) is 87.4. The largest absolute Gasteiger partial charge is 0.462 e. The van der Waals surface area contributed by atoms with E-state index in [9.17, 15) is 33.6 Å². The number of hydrogen-bond donors (Lipinski definition) is 0. The summed E-state index contributed by atoms with van der Waals surface area (Å²) in [6, 6.07) is 8.86. The second-order valence-electron chi connectivity index (χ2n) is 18.1. The molecule has 0 amide bonds. The molecule has 0 spiro atoms. The summed E-state index contributed by atoms with van der Waals surface area (Å²) >= 11 is 0. The maximum absolute atomic E-state index is 13.7. The minimum Gasteiger partial charge on any atom is -0.462 e. The fourth-order valence-corrected chi connectivity index (χ4v) is 10.6. The van der Waals surface area contributed by atoms with Crippen molar-refractivity contribution < 1.29 is 62.0 Å².